The third kappa shape index (κ3) is 1.83. The van der Waals surface area contributed by atoms with E-state index in [9.17, 15) is 9.59 Å². The second-order valence-electron chi connectivity index (χ2n) is 4.73. The summed E-state index contributed by atoms with van der Waals surface area (Å²) >= 11 is 0. The van der Waals surface area contributed by atoms with Crippen LogP contribution in [0.4, 0.5) is 0 Å². The zero-order chi connectivity index (χ0) is 13.5. The second-order valence-corrected chi connectivity index (χ2v) is 4.73. The van der Waals surface area contributed by atoms with E-state index in [1.54, 1.807) is 0 Å². The fraction of sp³-hybridized carbons (Fsp3) is 0.214. The molecule has 0 unspecified atom stereocenters. The number of hydrogen-bond acceptors (Lipinski definition) is 3. The van der Waals surface area contributed by atoms with Gasteiger partial charge in [-0.3, -0.25) is 4.79 Å². The highest BCUT2D eigenvalue weighted by Gasteiger charge is 2.48. The van der Waals surface area contributed by atoms with Crippen molar-refractivity contribution in [1.82, 2.24) is 9.97 Å². The Hall–Kier alpha value is -2.43. The van der Waals surface area contributed by atoms with Gasteiger partial charge in [0.15, 0.2) is 0 Å². The molecule has 96 valence electrons. The van der Waals surface area contributed by atoms with E-state index in [2.05, 4.69) is 9.97 Å². The number of carboxylic acid groups (broad SMARTS) is 1. The lowest BCUT2D eigenvalue weighted by Crippen LogP contribution is -2.24. The summed E-state index contributed by atoms with van der Waals surface area (Å²) in [6, 6.07) is 9.82. The van der Waals surface area contributed by atoms with Gasteiger partial charge in [0.2, 0.25) is 0 Å². The topological polar surface area (TPSA) is 83.0 Å². The molecule has 0 saturated heterocycles. The minimum atomic E-state index is -1.26. The highest BCUT2D eigenvalue weighted by molar-refractivity contribution is 5.86. The molecule has 1 aliphatic carbocycles. The molecule has 1 saturated carbocycles. The smallest absolute Gasteiger partial charge is 0.342 e. The van der Waals surface area contributed by atoms with E-state index in [1.807, 2.05) is 30.3 Å². The van der Waals surface area contributed by atoms with Crippen LogP contribution in [0.25, 0.3) is 0 Å². The predicted molar refractivity (Wildman–Crippen MR) is 68.3 cm³/mol. The summed E-state index contributed by atoms with van der Waals surface area (Å²) < 4.78 is 0. The minimum Gasteiger partial charge on any atom is -0.477 e. The van der Waals surface area contributed by atoms with E-state index < -0.39 is 11.5 Å². The van der Waals surface area contributed by atoms with Gasteiger partial charge in [0.25, 0.3) is 5.56 Å². The fourth-order valence-electron chi connectivity index (χ4n) is 2.33. The maximum atomic E-state index is 11.7. The van der Waals surface area contributed by atoms with Gasteiger partial charge >= 0.3 is 5.97 Å². The number of aromatic nitrogens is 2. The van der Waals surface area contributed by atoms with Crippen molar-refractivity contribution in [2.24, 2.45) is 0 Å². The van der Waals surface area contributed by atoms with Crippen LogP contribution in [-0.4, -0.2) is 21.0 Å². The molecule has 1 fully saturated rings. The van der Waals surface area contributed by atoms with Crippen LogP contribution < -0.4 is 5.56 Å². The van der Waals surface area contributed by atoms with E-state index >= 15 is 0 Å². The van der Waals surface area contributed by atoms with Gasteiger partial charge in [0, 0.05) is 6.20 Å². The normalized spacial score (nSPS) is 16.0. The number of nitrogens with zero attached hydrogens (tertiary/aromatic N) is 1. The summed E-state index contributed by atoms with van der Waals surface area (Å²) in [5, 5.41) is 8.83. The molecule has 0 aliphatic heterocycles. The molecule has 0 amide bonds. The van der Waals surface area contributed by atoms with Crippen LogP contribution >= 0.6 is 0 Å². The van der Waals surface area contributed by atoms with Crippen molar-refractivity contribution in [2.75, 3.05) is 0 Å². The number of rotatable bonds is 3. The van der Waals surface area contributed by atoms with Gasteiger partial charge < -0.3 is 10.1 Å². The molecule has 1 aromatic heterocycles. The Bertz CT molecular complexity index is 687. The molecule has 0 bridgehead atoms. The van der Waals surface area contributed by atoms with Crippen LogP contribution in [0, 0.1) is 0 Å². The zero-order valence-electron chi connectivity index (χ0n) is 10.1. The Kier molecular flexibility index (Phi) is 2.48. The third-order valence-electron chi connectivity index (χ3n) is 3.56. The van der Waals surface area contributed by atoms with Gasteiger partial charge in [-0.1, -0.05) is 30.3 Å². The maximum Gasteiger partial charge on any atom is 0.342 e. The molecular formula is C14H12N2O3. The first kappa shape index (κ1) is 11.6. The van der Waals surface area contributed by atoms with Crippen LogP contribution in [0.3, 0.4) is 0 Å². The van der Waals surface area contributed by atoms with Crippen molar-refractivity contribution >= 4 is 5.97 Å². The minimum absolute atomic E-state index is 0.253. The van der Waals surface area contributed by atoms with Gasteiger partial charge in [-0.15, -0.1) is 0 Å². The Morgan fingerprint density at radius 1 is 1.26 bits per heavy atom. The molecule has 0 spiro atoms. The summed E-state index contributed by atoms with van der Waals surface area (Å²) in [4.78, 5) is 29.3. The largest absolute Gasteiger partial charge is 0.477 e. The van der Waals surface area contributed by atoms with Gasteiger partial charge in [-0.25, -0.2) is 9.78 Å². The van der Waals surface area contributed by atoms with Crippen molar-refractivity contribution in [2.45, 2.75) is 18.3 Å². The highest BCUT2D eigenvalue weighted by atomic mass is 16.4. The zero-order valence-corrected chi connectivity index (χ0v) is 10.1. The first-order valence-electron chi connectivity index (χ1n) is 6.02. The second kappa shape index (κ2) is 4.05. The standard InChI is InChI=1S/C14H12N2O3/c17-11-10(12(18)19)8-15-13(16-11)14(6-7-14)9-4-2-1-3-5-9/h1-5,8H,6-7H2,(H,18,19)(H,15,16,17). The first-order valence-corrected chi connectivity index (χ1v) is 6.02. The van der Waals surface area contributed by atoms with Crippen molar-refractivity contribution < 1.29 is 9.90 Å². The number of carboxylic acids is 1. The molecule has 1 aromatic carbocycles. The predicted octanol–water partition coefficient (Wildman–Crippen LogP) is 1.55. The van der Waals surface area contributed by atoms with Crippen LogP contribution in [0.5, 0.6) is 0 Å². The molecule has 1 aliphatic rings. The van der Waals surface area contributed by atoms with Gasteiger partial charge in [0.05, 0.1) is 5.41 Å². The van der Waals surface area contributed by atoms with Gasteiger partial charge in [-0.2, -0.15) is 0 Å². The number of benzene rings is 1. The monoisotopic (exact) mass is 256 g/mol. The quantitative estimate of drug-likeness (QED) is 0.872. The summed E-state index contributed by atoms with van der Waals surface area (Å²) in [7, 11) is 0. The number of H-pyrrole nitrogens is 1. The van der Waals surface area contributed by atoms with E-state index in [-0.39, 0.29) is 11.0 Å². The molecule has 2 N–H and O–H groups in total. The Balaban J connectivity index is 2.07. The fourth-order valence-corrected chi connectivity index (χ4v) is 2.33. The number of aromatic carboxylic acids is 1. The summed E-state index contributed by atoms with van der Waals surface area (Å²) in [6.45, 7) is 0. The van der Waals surface area contributed by atoms with Crippen LogP contribution in [0.2, 0.25) is 0 Å². The Morgan fingerprint density at radius 3 is 2.47 bits per heavy atom. The molecular weight excluding hydrogens is 244 g/mol. The lowest BCUT2D eigenvalue weighted by atomic mass is 9.95. The molecule has 19 heavy (non-hydrogen) atoms. The van der Waals surface area contributed by atoms with Gasteiger partial charge in [-0.05, 0) is 18.4 Å². The lowest BCUT2D eigenvalue weighted by Gasteiger charge is -2.14. The maximum absolute atomic E-state index is 11.7. The lowest BCUT2D eigenvalue weighted by molar-refractivity contribution is 0.0694. The van der Waals surface area contributed by atoms with Gasteiger partial charge in [0.1, 0.15) is 11.4 Å². The Morgan fingerprint density at radius 2 is 1.95 bits per heavy atom. The summed E-state index contributed by atoms with van der Waals surface area (Å²) in [6.07, 6.45) is 2.96. The van der Waals surface area contributed by atoms with Crippen LogP contribution in [0.15, 0.2) is 41.3 Å². The van der Waals surface area contributed by atoms with Crippen LogP contribution in [0.1, 0.15) is 34.6 Å². The summed E-state index contributed by atoms with van der Waals surface area (Å²) in [5.74, 6) is -0.710. The Labute approximate surface area is 108 Å². The van der Waals surface area contributed by atoms with Crippen molar-refractivity contribution in [3.8, 4) is 0 Å². The average molecular weight is 256 g/mol. The van der Waals surface area contributed by atoms with Crippen molar-refractivity contribution in [3.63, 3.8) is 0 Å². The van der Waals surface area contributed by atoms with E-state index in [4.69, 9.17) is 5.11 Å². The molecule has 2 aromatic rings. The summed E-state index contributed by atoms with van der Waals surface area (Å²) in [5.41, 5.74) is -0.0779. The molecule has 0 atom stereocenters. The first-order chi connectivity index (χ1) is 9.13. The molecule has 5 nitrogen and oxygen atoms in total. The van der Waals surface area contributed by atoms with E-state index in [1.165, 1.54) is 0 Å². The van der Waals surface area contributed by atoms with Crippen LogP contribution in [-0.2, 0) is 5.41 Å². The molecule has 3 rings (SSSR count). The van der Waals surface area contributed by atoms with Crippen molar-refractivity contribution in [3.05, 3.63) is 63.8 Å². The number of nitrogens with one attached hydrogen (secondary N) is 1. The van der Waals surface area contributed by atoms with E-state index in [0.29, 0.717) is 5.82 Å². The third-order valence-corrected chi connectivity index (χ3v) is 3.56. The number of aromatic amines is 1. The molecule has 5 heteroatoms. The molecule has 0 radical (unpaired) electrons. The number of hydrogen-bond donors (Lipinski definition) is 2. The average Bonchev–Trinajstić information content (AvgIpc) is 3.20. The van der Waals surface area contributed by atoms with Crippen molar-refractivity contribution in [1.29, 1.82) is 0 Å². The SMILES string of the molecule is O=C(O)c1cnc(C2(c3ccccc3)CC2)[nH]c1=O. The van der Waals surface area contributed by atoms with E-state index in [0.717, 1.165) is 24.6 Å². The number of carbonyl (C=O) groups is 1. The molecule has 1 heterocycles. The highest BCUT2D eigenvalue weighted by Crippen LogP contribution is 2.51.